The molecule has 0 saturated heterocycles. The number of rotatable bonds is 9. The molecule has 4 fully saturated rings. The van der Waals surface area contributed by atoms with Crippen LogP contribution in [0.2, 0.25) is 0 Å². The zero-order chi connectivity index (χ0) is 26.1. The maximum atomic E-state index is 11.6. The minimum absolute atomic E-state index is 0.0203. The van der Waals surface area contributed by atoms with Crippen LogP contribution in [0.25, 0.3) is 0 Å². The maximum absolute atomic E-state index is 11.6. The highest BCUT2D eigenvalue weighted by atomic mass is 16.5. The van der Waals surface area contributed by atoms with Crippen LogP contribution in [0.15, 0.2) is 5.16 Å². The molecule has 4 aliphatic carbocycles. The number of hydrogen-bond donors (Lipinski definition) is 2. The SMILES string of the molecule is CO[C@H]1CC[C@@]2(CC/C(C#N)=N\O)[C@H](C1)[C@H](O)C[C@H]1[C@@H]3CC[C@H]([C@H](C)CCCC(C)C)[C@@]3(C)CC[C@@H]12. The Morgan fingerprint density at radius 1 is 1.06 bits per heavy atom. The summed E-state index contributed by atoms with van der Waals surface area (Å²) in [7, 11) is 1.80. The summed E-state index contributed by atoms with van der Waals surface area (Å²) in [6.45, 7) is 9.79. The van der Waals surface area contributed by atoms with Crippen LogP contribution in [0.4, 0.5) is 0 Å². The molecular formula is C31H52N2O3. The molecule has 5 nitrogen and oxygen atoms in total. The molecule has 0 bridgehead atoms. The second kappa shape index (κ2) is 11.3. The fourth-order valence-corrected chi connectivity index (χ4v) is 10.2. The number of hydrogen-bond acceptors (Lipinski definition) is 5. The van der Waals surface area contributed by atoms with Crippen LogP contribution in [-0.4, -0.2) is 35.3 Å². The maximum Gasteiger partial charge on any atom is 0.156 e. The van der Waals surface area contributed by atoms with Gasteiger partial charge in [-0.1, -0.05) is 52.1 Å². The average Bonchev–Trinajstić information content (AvgIpc) is 3.22. The molecule has 0 aliphatic heterocycles. The van der Waals surface area contributed by atoms with Gasteiger partial charge in [-0.15, -0.1) is 0 Å². The van der Waals surface area contributed by atoms with Crippen LogP contribution in [-0.2, 0) is 4.74 Å². The fourth-order valence-electron chi connectivity index (χ4n) is 10.2. The molecule has 36 heavy (non-hydrogen) atoms. The van der Waals surface area contributed by atoms with E-state index in [1.807, 2.05) is 0 Å². The summed E-state index contributed by atoms with van der Waals surface area (Å²) in [5.41, 5.74) is 0.637. The van der Waals surface area contributed by atoms with Gasteiger partial charge in [0.25, 0.3) is 0 Å². The normalized spacial score (nSPS) is 43.4. The standard InChI is InChI=1S/C31H52N2O3/c1-20(2)7-6-8-21(3)25-9-10-26-24-18-29(34)28-17-23(36-5)12-16-31(28,15-11-22(19-32)33-35)27(24)13-14-30(25,26)4/h20-21,23-29,34-35H,6-18H2,1-5H3/b33-22+/t21-,23+,24+,25-,26+,27+,28-,29-,30-,31-/m1/s1. The third-order valence-electron chi connectivity index (χ3n) is 12.0. The van der Waals surface area contributed by atoms with E-state index in [1.54, 1.807) is 7.11 Å². The summed E-state index contributed by atoms with van der Waals surface area (Å²) >= 11 is 0. The Labute approximate surface area is 220 Å². The van der Waals surface area contributed by atoms with Crippen molar-refractivity contribution in [3.8, 4) is 6.07 Å². The third-order valence-corrected chi connectivity index (χ3v) is 12.0. The lowest BCUT2D eigenvalue weighted by molar-refractivity contribution is -0.184. The first-order chi connectivity index (χ1) is 17.2. The molecule has 0 amide bonds. The average molecular weight is 501 g/mol. The quantitative estimate of drug-likeness (QED) is 0.199. The predicted molar refractivity (Wildman–Crippen MR) is 144 cm³/mol. The van der Waals surface area contributed by atoms with E-state index in [9.17, 15) is 15.6 Å². The Kier molecular flexibility index (Phi) is 8.77. The molecule has 0 aromatic carbocycles. The molecule has 0 unspecified atom stereocenters. The van der Waals surface area contributed by atoms with Crippen molar-refractivity contribution in [1.29, 1.82) is 5.26 Å². The van der Waals surface area contributed by atoms with Crippen molar-refractivity contribution in [1.82, 2.24) is 0 Å². The number of nitriles is 1. The largest absolute Gasteiger partial charge is 0.410 e. The van der Waals surface area contributed by atoms with Gasteiger partial charge in [0.2, 0.25) is 0 Å². The van der Waals surface area contributed by atoms with Crippen molar-refractivity contribution in [2.75, 3.05) is 7.11 Å². The Morgan fingerprint density at radius 3 is 2.50 bits per heavy atom. The van der Waals surface area contributed by atoms with Crippen LogP contribution in [0.3, 0.4) is 0 Å². The Bertz CT molecular complexity index is 821. The van der Waals surface area contributed by atoms with E-state index in [0.29, 0.717) is 29.6 Å². The van der Waals surface area contributed by atoms with E-state index in [-0.39, 0.29) is 29.3 Å². The molecule has 10 atom stereocenters. The molecule has 0 aromatic heterocycles. The topological polar surface area (TPSA) is 85.8 Å². The number of fused-ring (bicyclic) bond motifs is 5. The summed E-state index contributed by atoms with van der Waals surface area (Å²) in [5, 5.41) is 33.7. The molecule has 0 aromatic rings. The summed E-state index contributed by atoms with van der Waals surface area (Å²) in [6, 6.07) is 2.08. The van der Waals surface area contributed by atoms with Gasteiger partial charge >= 0.3 is 0 Å². The van der Waals surface area contributed by atoms with Crippen molar-refractivity contribution in [2.24, 2.45) is 57.4 Å². The van der Waals surface area contributed by atoms with Crippen LogP contribution in [0.5, 0.6) is 0 Å². The molecule has 4 rings (SSSR count). The van der Waals surface area contributed by atoms with E-state index in [2.05, 4.69) is 38.9 Å². The first-order valence-corrected chi connectivity index (χ1v) is 15.0. The number of oxime groups is 1. The first kappa shape index (κ1) is 27.9. The van der Waals surface area contributed by atoms with Gasteiger partial charge in [0.05, 0.1) is 12.2 Å². The van der Waals surface area contributed by atoms with Crippen molar-refractivity contribution in [3.05, 3.63) is 0 Å². The molecule has 0 radical (unpaired) electrons. The van der Waals surface area contributed by atoms with Gasteiger partial charge < -0.3 is 15.1 Å². The summed E-state index contributed by atoms with van der Waals surface area (Å²) in [6.07, 6.45) is 14.4. The molecule has 4 aliphatic rings. The summed E-state index contributed by atoms with van der Waals surface area (Å²) in [4.78, 5) is 0. The van der Waals surface area contributed by atoms with Crippen LogP contribution >= 0.6 is 0 Å². The van der Waals surface area contributed by atoms with Crippen LogP contribution in [0.1, 0.15) is 111 Å². The number of nitrogens with zero attached hydrogens (tertiary/aromatic N) is 2. The lowest BCUT2D eigenvalue weighted by Crippen LogP contribution is -2.59. The molecule has 204 valence electrons. The van der Waals surface area contributed by atoms with Gasteiger partial charge in [-0.3, -0.25) is 0 Å². The highest BCUT2D eigenvalue weighted by Gasteiger charge is 2.63. The monoisotopic (exact) mass is 500 g/mol. The lowest BCUT2D eigenvalue weighted by Gasteiger charge is -2.63. The summed E-state index contributed by atoms with van der Waals surface area (Å²) < 4.78 is 5.78. The first-order valence-electron chi connectivity index (χ1n) is 15.0. The Balaban J connectivity index is 1.57. The number of methoxy groups -OCH3 is 1. The van der Waals surface area contributed by atoms with Gasteiger partial charge in [-0.25, -0.2) is 0 Å². The molecule has 2 N–H and O–H groups in total. The second-order valence-electron chi connectivity index (χ2n) is 13.8. The van der Waals surface area contributed by atoms with Gasteiger partial charge in [0, 0.05) is 13.5 Å². The minimum Gasteiger partial charge on any atom is -0.410 e. The van der Waals surface area contributed by atoms with Gasteiger partial charge in [0.1, 0.15) is 6.07 Å². The smallest absolute Gasteiger partial charge is 0.156 e. The van der Waals surface area contributed by atoms with E-state index < -0.39 is 0 Å². The zero-order valence-electron chi connectivity index (χ0n) is 23.6. The van der Waals surface area contributed by atoms with Crippen LogP contribution < -0.4 is 0 Å². The summed E-state index contributed by atoms with van der Waals surface area (Å²) in [5.74, 6) is 4.45. The predicted octanol–water partition coefficient (Wildman–Crippen LogP) is 7.21. The molecular weight excluding hydrogens is 448 g/mol. The van der Waals surface area contributed by atoms with E-state index in [1.165, 1.54) is 44.9 Å². The number of ether oxygens (including phenoxy) is 1. The molecule has 5 heteroatoms. The highest BCUT2D eigenvalue weighted by molar-refractivity contribution is 5.97. The van der Waals surface area contributed by atoms with Crippen molar-refractivity contribution >= 4 is 5.71 Å². The highest BCUT2D eigenvalue weighted by Crippen LogP contribution is 2.69. The van der Waals surface area contributed by atoms with Gasteiger partial charge in [-0.05, 0) is 110 Å². The van der Waals surface area contributed by atoms with E-state index in [4.69, 9.17) is 4.74 Å². The van der Waals surface area contributed by atoms with Gasteiger partial charge in [-0.2, -0.15) is 5.26 Å². The Hall–Kier alpha value is -1.12. The lowest BCUT2D eigenvalue weighted by atomic mass is 9.42. The molecule has 0 spiro atoms. The number of aliphatic hydroxyl groups is 1. The minimum atomic E-state index is -0.300. The third kappa shape index (κ3) is 4.98. The number of aliphatic hydroxyl groups excluding tert-OH is 1. The molecule has 4 saturated carbocycles. The fraction of sp³-hybridized carbons (Fsp3) is 0.935. The van der Waals surface area contributed by atoms with Crippen molar-refractivity contribution in [2.45, 2.75) is 123 Å². The van der Waals surface area contributed by atoms with Crippen molar-refractivity contribution < 1.29 is 15.1 Å². The Morgan fingerprint density at radius 2 is 1.83 bits per heavy atom. The molecule has 0 heterocycles. The van der Waals surface area contributed by atoms with E-state index >= 15 is 0 Å². The van der Waals surface area contributed by atoms with Gasteiger partial charge in [0.15, 0.2) is 5.71 Å². The second-order valence-corrected chi connectivity index (χ2v) is 13.8. The zero-order valence-corrected chi connectivity index (χ0v) is 23.6. The van der Waals surface area contributed by atoms with Crippen molar-refractivity contribution in [3.63, 3.8) is 0 Å². The van der Waals surface area contributed by atoms with E-state index in [0.717, 1.165) is 49.9 Å². The van der Waals surface area contributed by atoms with Crippen LogP contribution in [0, 0.1) is 63.6 Å².